The predicted octanol–water partition coefficient (Wildman–Crippen LogP) is 1.13. The minimum absolute atomic E-state index is 0.510. The summed E-state index contributed by atoms with van der Waals surface area (Å²) in [6.45, 7) is 0.844. The van der Waals surface area contributed by atoms with Crippen LogP contribution in [0, 0.1) is 0 Å². The summed E-state index contributed by atoms with van der Waals surface area (Å²) in [5.41, 5.74) is 0. The van der Waals surface area contributed by atoms with Gasteiger partial charge in [0, 0.05) is 6.42 Å². The molecule has 9 heavy (non-hydrogen) atoms. The van der Waals surface area contributed by atoms with Crippen LogP contribution < -0.4 is 0 Å². The van der Waals surface area contributed by atoms with Crippen LogP contribution in [0.3, 0.4) is 0 Å². The lowest BCUT2D eigenvalue weighted by molar-refractivity contribution is 0.234. The molecule has 3 rings (SSSR count). The van der Waals surface area contributed by atoms with Gasteiger partial charge < -0.3 is 4.74 Å². The normalized spacial score (nSPS) is 31.1. The quantitative estimate of drug-likeness (QED) is 0.473. The van der Waals surface area contributed by atoms with E-state index >= 15 is 0 Å². The Morgan fingerprint density at radius 2 is 2.67 bits per heavy atom. The Balaban J connectivity index is 2.26. The fourth-order valence-electron chi connectivity index (χ4n) is 1.15. The van der Waals surface area contributed by atoms with Crippen molar-refractivity contribution in [3.8, 4) is 0 Å². The maximum absolute atomic E-state index is 5.31. The summed E-state index contributed by atoms with van der Waals surface area (Å²) in [5.74, 6) is 0.962. The van der Waals surface area contributed by atoms with E-state index in [9.17, 15) is 0 Å². The van der Waals surface area contributed by atoms with Crippen LogP contribution in [0.5, 0.6) is 0 Å². The summed E-state index contributed by atoms with van der Waals surface area (Å²) in [6, 6.07) is 0.510. The maximum Gasteiger partial charge on any atom is 0.133 e. The Hall–Kier alpha value is -0.790. The average molecular weight is 123 g/mol. The zero-order chi connectivity index (χ0) is 6.10. The number of allylic oxidation sites excluding steroid dienone is 1. The first-order chi connectivity index (χ1) is 4.45. The Kier molecular flexibility index (Phi) is 1.04. The molecule has 0 aromatic carbocycles. The monoisotopic (exact) mass is 123 g/mol. The largest absolute Gasteiger partial charge is 0.492 e. The van der Waals surface area contributed by atoms with Crippen molar-refractivity contribution in [2.45, 2.75) is 18.9 Å². The van der Waals surface area contributed by atoms with Crippen molar-refractivity contribution in [1.29, 1.82) is 0 Å². The lowest BCUT2D eigenvalue weighted by Crippen LogP contribution is -2.04. The number of dihydropyridines is 1. The summed E-state index contributed by atoms with van der Waals surface area (Å²) >= 11 is 0. The Morgan fingerprint density at radius 1 is 1.67 bits per heavy atom. The molecule has 0 saturated carbocycles. The Morgan fingerprint density at radius 3 is 3.44 bits per heavy atom. The Labute approximate surface area is 54.2 Å². The molecule has 3 heterocycles. The number of nitrogens with zero attached hydrogens (tertiary/aromatic N) is 1. The third-order valence-corrected chi connectivity index (χ3v) is 1.72. The molecule has 3 aliphatic heterocycles. The van der Waals surface area contributed by atoms with Crippen molar-refractivity contribution < 1.29 is 4.74 Å². The van der Waals surface area contributed by atoms with Gasteiger partial charge in [-0.3, -0.25) is 4.99 Å². The molecule has 0 N–H and O–H groups in total. The summed E-state index contributed by atoms with van der Waals surface area (Å²) in [5, 5.41) is 0. The second-order valence-corrected chi connectivity index (χ2v) is 2.41. The van der Waals surface area contributed by atoms with E-state index in [1.807, 2.05) is 6.21 Å². The third-order valence-electron chi connectivity index (χ3n) is 1.72. The van der Waals surface area contributed by atoms with Crippen molar-refractivity contribution in [3.63, 3.8) is 0 Å². The van der Waals surface area contributed by atoms with E-state index in [0.29, 0.717) is 6.04 Å². The molecule has 0 fully saturated rings. The highest BCUT2D eigenvalue weighted by Gasteiger charge is 2.14. The van der Waals surface area contributed by atoms with Crippen LogP contribution in [0.15, 0.2) is 16.8 Å². The van der Waals surface area contributed by atoms with Gasteiger partial charge in [0.25, 0.3) is 0 Å². The maximum atomic E-state index is 5.31. The standard InChI is InChI=1S/C7H9NO/c1-2-7-5-8-6(1)3-4-9-7/h2,5-6H,1,3-4H2. The van der Waals surface area contributed by atoms with E-state index in [4.69, 9.17) is 4.74 Å². The molecule has 1 atom stereocenters. The highest BCUT2D eigenvalue weighted by molar-refractivity contribution is 5.77. The van der Waals surface area contributed by atoms with E-state index < -0.39 is 0 Å². The number of hydrogen-bond acceptors (Lipinski definition) is 2. The van der Waals surface area contributed by atoms with E-state index in [2.05, 4.69) is 11.1 Å². The average Bonchev–Trinajstić information content (AvgIpc) is 2.21. The molecular formula is C7H9NO. The molecule has 48 valence electrons. The number of ether oxygens (including phenoxy) is 1. The first-order valence-corrected chi connectivity index (χ1v) is 3.31. The van der Waals surface area contributed by atoms with Gasteiger partial charge in [0.1, 0.15) is 5.76 Å². The number of hydrogen-bond donors (Lipinski definition) is 0. The van der Waals surface area contributed by atoms with Crippen LogP contribution in [0.2, 0.25) is 0 Å². The van der Waals surface area contributed by atoms with E-state index in [1.165, 1.54) is 0 Å². The molecule has 0 radical (unpaired) electrons. The molecule has 2 heteroatoms. The van der Waals surface area contributed by atoms with Crippen LogP contribution in [0.25, 0.3) is 0 Å². The Bertz CT molecular complexity index is 172. The molecule has 0 saturated heterocycles. The minimum Gasteiger partial charge on any atom is -0.492 e. The van der Waals surface area contributed by atoms with Crippen molar-refractivity contribution in [2.75, 3.05) is 6.61 Å². The van der Waals surface area contributed by atoms with Gasteiger partial charge in [-0.2, -0.15) is 0 Å². The molecule has 0 aromatic rings. The van der Waals surface area contributed by atoms with Gasteiger partial charge in [-0.15, -0.1) is 0 Å². The van der Waals surface area contributed by atoms with Gasteiger partial charge in [-0.1, -0.05) is 0 Å². The topological polar surface area (TPSA) is 21.6 Å². The fraction of sp³-hybridized carbons (Fsp3) is 0.571. The highest BCUT2D eigenvalue weighted by Crippen LogP contribution is 2.17. The molecule has 0 aromatic heterocycles. The van der Waals surface area contributed by atoms with Gasteiger partial charge in [0.2, 0.25) is 0 Å². The number of fused-ring (bicyclic) bond motifs is 3. The molecule has 0 amide bonds. The van der Waals surface area contributed by atoms with Crippen LogP contribution in [0.4, 0.5) is 0 Å². The van der Waals surface area contributed by atoms with E-state index in [-0.39, 0.29) is 0 Å². The molecule has 0 spiro atoms. The van der Waals surface area contributed by atoms with Crippen molar-refractivity contribution >= 4 is 6.21 Å². The second-order valence-electron chi connectivity index (χ2n) is 2.41. The smallest absolute Gasteiger partial charge is 0.133 e. The fourth-order valence-corrected chi connectivity index (χ4v) is 1.15. The summed E-state index contributed by atoms with van der Waals surface area (Å²) in [6.07, 6.45) is 6.11. The molecular weight excluding hydrogens is 114 g/mol. The first kappa shape index (κ1) is 5.03. The number of rotatable bonds is 0. The van der Waals surface area contributed by atoms with Gasteiger partial charge in [0.15, 0.2) is 0 Å². The summed E-state index contributed by atoms with van der Waals surface area (Å²) < 4.78 is 5.31. The van der Waals surface area contributed by atoms with Gasteiger partial charge in [-0.25, -0.2) is 0 Å². The van der Waals surface area contributed by atoms with Gasteiger partial charge >= 0.3 is 0 Å². The van der Waals surface area contributed by atoms with Crippen molar-refractivity contribution in [2.24, 2.45) is 4.99 Å². The SMILES string of the molecule is C1=NC2CC=C1OCC2. The summed E-state index contributed by atoms with van der Waals surface area (Å²) in [7, 11) is 0. The van der Waals surface area contributed by atoms with Crippen LogP contribution in [0.1, 0.15) is 12.8 Å². The molecule has 2 bridgehead atoms. The zero-order valence-corrected chi connectivity index (χ0v) is 5.21. The van der Waals surface area contributed by atoms with Crippen molar-refractivity contribution in [3.05, 3.63) is 11.8 Å². The van der Waals surface area contributed by atoms with Crippen LogP contribution in [-0.4, -0.2) is 18.9 Å². The first-order valence-electron chi connectivity index (χ1n) is 3.31. The predicted molar refractivity (Wildman–Crippen MR) is 35.5 cm³/mol. The van der Waals surface area contributed by atoms with E-state index in [0.717, 1.165) is 25.2 Å². The van der Waals surface area contributed by atoms with Crippen molar-refractivity contribution in [1.82, 2.24) is 0 Å². The van der Waals surface area contributed by atoms with Crippen LogP contribution in [-0.2, 0) is 4.74 Å². The van der Waals surface area contributed by atoms with Gasteiger partial charge in [-0.05, 0) is 12.5 Å². The van der Waals surface area contributed by atoms with E-state index in [1.54, 1.807) is 0 Å². The third kappa shape index (κ3) is 0.846. The number of aliphatic imine (C=N–C) groups is 1. The molecule has 2 nitrogen and oxygen atoms in total. The molecule has 3 aliphatic rings. The van der Waals surface area contributed by atoms with Crippen LogP contribution >= 0.6 is 0 Å². The zero-order valence-electron chi connectivity index (χ0n) is 5.21. The lowest BCUT2D eigenvalue weighted by atomic mass is 10.1. The minimum atomic E-state index is 0.510. The highest BCUT2D eigenvalue weighted by atomic mass is 16.5. The van der Waals surface area contributed by atoms with Gasteiger partial charge in [0.05, 0.1) is 18.9 Å². The lowest BCUT2D eigenvalue weighted by Gasteiger charge is -2.05. The molecule has 0 aliphatic carbocycles. The second kappa shape index (κ2) is 1.87. The summed E-state index contributed by atoms with van der Waals surface area (Å²) in [4.78, 5) is 4.27. The molecule has 1 unspecified atom stereocenters.